The lowest BCUT2D eigenvalue weighted by Crippen LogP contribution is -2.50. The number of ketones is 1. The Morgan fingerprint density at radius 3 is 2.47 bits per heavy atom. The van der Waals surface area contributed by atoms with Crippen molar-refractivity contribution in [2.75, 3.05) is 0 Å². The molecule has 1 atom stereocenters. The fraction of sp³-hybridized carbons (Fsp3) is 0.182. The van der Waals surface area contributed by atoms with E-state index in [1.165, 1.54) is 18.2 Å². The fourth-order valence-corrected chi connectivity index (χ4v) is 1.34. The van der Waals surface area contributed by atoms with E-state index in [0.29, 0.717) is 0 Å². The number of amides is 1. The molecule has 1 amide bonds. The Labute approximate surface area is 112 Å². The zero-order valence-electron chi connectivity index (χ0n) is 9.75. The van der Waals surface area contributed by atoms with E-state index in [1.54, 1.807) is 0 Å². The normalized spacial score (nSPS) is 13.2. The quantitative estimate of drug-likeness (QED) is 0.217. The van der Waals surface area contributed by atoms with Gasteiger partial charge in [-0.05, 0) is 13.0 Å². The van der Waals surface area contributed by atoms with Crippen molar-refractivity contribution in [1.29, 1.82) is 0 Å². The highest BCUT2D eigenvalue weighted by atomic mass is 35.5. The molecule has 0 heterocycles. The van der Waals surface area contributed by atoms with Gasteiger partial charge in [-0.15, -0.1) is 0 Å². The number of carbonyl (C=O) groups is 3. The molecular formula is C11H9ClN2O5. The number of para-hydroxylation sites is 1. The largest absolute Gasteiger partial charge is 0.321 e. The molecule has 1 rings (SSSR count). The van der Waals surface area contributed by atoms with Gasteiger partial charge in [-0.3, -0.25) is 24.5 Å². The number of rotatable bonds is 5. The molecule has 0 aliphatic heterocycles. The molecule has 0 radical (unpaired) electrons. The number of Topliss-reactive ketones (excluding diaryl/α,β-unsaturated/α-hetero) is 1. The van der Waals surface area contributed by atoms with Crippen LogP contribution in [-0.2, 0) is 9.59 Å². The van der Waals surface area contributed by atoms with Crippen LogP contribution in [0.5, 0.6) is 0 Å². The minimum Gasteiger partial charge on any atom is -0.321 e. The van der Waals surface area contributed by atoms with Crippen LogP contribution < -0.4 is 5.32 Å². The van der Waals surface area contributed by atoms with Crippen molar-refractivity contribution in [1.82, 2.24) is 5.32 Å². The minimum absolute atomic E-state index is 0.0591. The van der Waals surface area contributed by atoms with Gasteiger partial charge in [0, 0.05) is 6.07 Å². The number of nitrogens with one attached hydrogen (secondary N) is 1. The first-order valence-corrected chi connectivity index (χ1v) is 5.42. The molecule has 0 bridgehead atoms. The Hall–Kier alpha value is -2.28. The monoisotopic (exact) mass is 284 g/mol. The number of aldehydes is 1. The van der Waals surface area contributed by atoms with Crippen LogP contribution in [0.15, 0.2) is 24.3 Å². The van der Waals surface area contributed by atoms with Crippen LogP contribution in [0, 0.1) is 10.1 Å². The van der Waals surface area contributed by atoms with E-state index >= 15 is 0 Å². The third kappa shape index (κ3) is 3.14. The Morgan fingerprint density at radius 2 is 2.00 bits per heavy atom. The van der Waals surface area contributed by atoms with E-state index < -0.39 is 27.3 Å². The van der Waals surface area contributed by atoms with E-state index in [0.717, 1.165) is 13.0 Å². The summed E-state index contributed by atoms with van der Waals surface area (Å²) in [6.45, 7) is 1.01. The highest BCUT2D eigenvalue weighted by molar-refractivity contribution is 6.44. The summed E-state index contributed by atoms with van der Waals surface area (Å²) in [7, 11) is 0. The molecule has 1 N–H and O–H groups in total. The Morgan fingerprint density at radius 1 is 1.42 bits per heavy atom. The third-order valence-corrected chi connectivity index (χ3v) is 2.77. The predicted molar refractivity (Wildman–Crippen MR) is 65.9 cm³/mol. The number of nitro benzene ring substituents is 1. The van der Waals surface area contributed by atoms with Crippen LogP contribution in [-0.4, -0.2) is 27.9 Å². The van der Waals surface area contributed by atoms with Crippen LogP contribution >= 0.6 is 11.6 Å². The second kappa shape index (κ2) is 5.57. The maximum Gasteiger partial charge on any atom is 0.282 e. The first-order chi connectivity index (χ1) is 8.81. The zero-order chi connectivity index (χ0) is 14.6. The van der Waals surface area contributed by atoms with Gasteiger partial charge in [-0.25, -0.2) is 0 Å². The van der Waals surface area contributed by atoms with Crippen LogP contribution in [0.2, 0.25) is 0 Å². The van der Waals surface area contributed by atoms with E-state index in [1.807, 2.05) is 5.32 Å². The number of alkyl halides is 1. The molecule has 19 heavy (non-hydrogen) atoms. The topological polar surface area (TPSA) is 106 Å². The van der Waals surface area contributed by atoms with Crippen molar-refractivity contribution in [3.63, 3.8) is 0 Å². The van der Waals surface area contributed by atoms with Crippen LogP contribution in [0.25, 0.3) is 0 Å². The first kappa shape index (κ1) is 14.8. The molecule has 7 nitrogen and oxygen atoms in total. The number of hydrogen-bond acceptors (Lipinski definition) is 5. The van der Waals surface area contributed by atoms with Gasteiger partial charge >= 0.3 is 0 Å². The number of nitro groups is 1. The Bertz CT molecular complexity index is 560. The number of carbonyl (C=O) groups excluding carboxylic acids is 3. The molecule has 0 aliphatic carbocycles. The van der Waals surface area contributed by atoms with E-state index in [4.69, 9.17) is 11.6 Å². The maximum absolute atomic E-state index is 11.8. The summed E-state index contributed by atoms with van der Waals surface area (Å²) in [6, 6.07) is 5.11. The summed E-state index contributed by atoms with van der Waals surface area (Å²) in [6.07, 6.45) is 0.0591. The second-order valence-electron chi connectivity index (χ2n) is 3.61. The average Bonchev–Trinajstić information content (AvgIpc) is 2.38. The molecule has 0 fully saturated rings. The van der Waals surface area contributed by atoms with Gasteiger partial charge in [0.15, 0.2) is 12.1 Å². The lowest BCUT2D eigenvalue weighted by atomic mass is 10.1. The highest BCUT2D eigenvalue weighted by Gasteiger charge is 2.36. The minimum atomic E-state index is -2.22. The number of hydrogen-bond donors (Lipinski definition) is 1. The van der Waals surface area contributed by atoms with Gasteiger partial charge < -0.3 is 5.32 Å². The van der Waals surface area contributed by atoms with Crippen LogP contribution in [0.3, 0.4) is 0 Å². The van der Waals surface area contributed by atoms with Gasteiger partial charge in [-0.1, -0.05) is 23.7 Å². The van der Waals surface area contributed by atoms with E-state index in [2.05, 4.69) is 0 Å². The first-order valence-electron chi connectivity index (χ1n) is 5.04. The number of halogens is 1. The maximum atomic E-state index is 11.8. The fourth-order valence-electron chi connectivity index (χ4n) is 1.26. The zero-order valence-corrected chi connectivity index (χ0v) is 10.5. The number of nitrogens with zero attached hydrogens (tertiary/aromatic N) is 1. The van der Waals surface area contributed by atoms with Crippen molar-refractivity contribution in [2.24, 2.45) is 0 Å². The SMILES string of the molecule is CC(=O)C(Cl)(C=O)NC(=O)c1ccccc1[N+](=O)[O-]. The molecule has 0 aromatic heterocycles. The standard InChI is InChI=1S/C11H9ClN2O5/c1-7(16)11(12,6-15)13-10(17)8-4-2-3-5-9(8)14(18)19/h2-6H,1H3,(H,13,17). The molecular weight excluding hydrogens is 276 g/mol. The van der Waals surface area contributed by atoms with Crippen molar-refractivity contribution < 1.29 is 19.3 Å². The average molecular weight is 285 g/mol. The molecule has 1 unspecified atom stereocenters. The Kier molecular flexibility index (Phi) is 4.34. The molecule has 1 aromatic carbocycles. The smallest absolute Gasteiger partial charge is 0.282 e. The van der Waals surface area contributed by atoms with E-state index in [9.17, 15) is 24.5 Å². The van der Waals surface area contributed by atoms with Crippen molar-refractivity contribution in [2.45, 2.75) is 11.9 Å². The van der Waals surface area contributed by atoms with Crippen LogP contribution in [0.4, 0.5) is 5.69 Å². The van der Waals surface area contributed by atoms with Gasteiger partial charge in [0.2, 0.25) is 5.00 Å². The summed E-state index contributed by atoms with van der Waals surface area (Å²) < 4.78 is 0. The third-order valence-electron chi connectivity index (χ3n) is 2.32. The summed E-state index contributed by atoms with van der Waals surface area (Å²) in [5, 5.41) is 12.7. The molecule has 0 spiro atoms. The molecule has 0 saturated carbocycles. The lowest BCUT2D eigenvalue weighted by Gasteiger charge is -2.18. The molecule has 8 heteroatoms. The Balaban J connectivity index is 3.12. The summed E-state index contributed by atoms with van der Waals surface area (Å²) in [4.78, 5) is 41.5. The predicted octanol–water partition coefficient (Wildman–Crippen LogP) is 1.05. The summed E-state index contributed by atoms with van der Waals surface area (Å²) >= 11 is 5.62. The van der Waals surface area contributed by atoms with Crippen molar-refractivity contribution >= 4 is 35.3 Å². The van der Waals surface area contributed by atoms with Crippen molar-refractivity contribution in [3.8, 4) is 0 Å². The summed E-state index contributed by atoms with van der Waals surface area (Å²) in [5.74, 6) is -1.78. The van der Waals surface area contributed by atoms with E-state index in [-0.39, 0.29) is 11.8 Å². The lowest BCUT2D eigenvalue weighted by molar-refractivity contribution is -0.385. The van der Waals surface area contributed by atoms with Crippen LogP contribution in [0.1, 0.15) is 17.3 Å². The second-order valence-corrected chi connectivity index (χ2v) is 4.21. The van der Waals surface area contributed by atoms with Gasteiger partial charge in [0.1, 0.15) is 5.56 Å². The van der Waals surface area contributed by atoms with Gasteiger partial charge in [0.25, 0.3) is 11.6 Å². The molecule has 1 aromatic rings. The molecule has 100 valence electrons. The molecule has 0 saturated heterocycles. The highest BCUT2D eigenvalue weighted by Crippen LogP contribution is 2.19. The van der Waals surface area contributed by atoms with Gasteiger partial charge in [-0.2, -0.15) is 0 Å². The number of benzene rings is 1. The molecule has 0 aliphatic rings. The summed E-state index contributed by atoms with van der Waals surface area (Å²) in [5.41, 5.74) is -0.742. The van der Waals surface area contributed by atoms with Crippen molar-refractivity contribution in [3.05, 3.63) is 39.9 Å². The van der Waals surface area contributed by atoms with Gasteiger partial charge in [0.05, 0.1) is 4.92 Å².